The Hall–Kier alpha value is -5.23. The predicted molar refractivity (Wildman–Crippen MR) is 150 cm³/mol. The molecule has 0 unspecified atom stereocenters. The molecular formula is C31H22N6. The lowest BCUT2D eigenvalue weighted by molar-refractivity contribution is 1.04. The highest BCUT2D eigenvalue weighted by atomic mass is 15.3. The summed E-state index contributed by atoms with van der Waals surface area (Å²) in [6, 6.07) is 28.6. The number of imidazole rings is 2. The minimum absolute atomic E-state index is 0.776. The van der Waals surface area contributed by atoms with E-state index in [2.05, 4.69) is 68.1 Å². The standard InChI is InChI=1S/C31H22N6/c1-3-26-27(4-2)37-29-23-14-8-9-16-28(23)35(21-12-6-5-7-13-21)30(29)34-31(37)36(26)22-17-18-25(33-20-22)24-15-10-11-19-32-24/h3-20H,1-2H2. The zero-order chi connectivity index (χ0) is 24.9. The van der Waals surface area contributed by atoms with Crippen molar-refractivity contribution in [3.05, 3.63) is 122 Å². The first-order valence-electron chi connectivity index (χ1n) is 12.0. The monoisotopic (exact) mass is 478 g/mol. The molecule has 0 radical (unpaired) electrons. The van der Waals surface area contributed by atoms with Crippen LogP contribution in [0.3, 0.4) is 0 Å². The van der Waals surface area contributed by atoms with E-state index in [-0.39, 0.29) is 0 Å². The molecule has 0 atom stereocenters. The van der Waals surface area contributed by atoms with Crippen LogP contribution in [0.5, 0.6) is 0 Å². The predicted octanol–water partition coefficient (Wildman–Crippen LogP) is 6.97. The quantitative estimate of drug-likeness (QED) is 0.269. The summed E-state index contributed by atoms with van der Waals surface area (Å²) in [4.78, 5) is 14.4. The van der Waals surface area contributed by atoms with Gasteiger partial charge >= 0.3 is 0 Å². The molecule has 7 rings (SSSR count). The molecule has 6 nitrogen and oxygen atoms in total. The van der Waals surface area contributed by atoms with Crippen molar-refractivity contribution in [2.45, 2.75) is 0 Å². The molecule has 0 spiro atoms. The van der Waals surface area contributed by atoms with Crippen molar-refractivity contribution in [3.63, 3.8) is 0 Å². The minimum Gasteiger partial charge on any atom is -0.292 e. The van der Waals surface area contributed by atoms with Gasteiger partial charge in [0.2, 0.25) is 5.78 Å². The number of rotatable bonds is 5. The van der Waals surface area contributed by atoms with E-state index in [1.54, 1.807) is 6.20 Å². The number of pyridine rings is 2. The van der Waals surface area contributed by atoms with Gasteiger partial charge in [0.05, 0.1) is 40.2 Å². The largest absolute Gasteiger partial charge is 0.292 e. The topological polar surface area (TPSA) is 52.9 Å². The van der Waals surface area contributed by atoms with Crippen LogP contribution in [-0.4, -0.2) is 28.5 Å². The Balaban J connectivity index is 1.55. The van der Waals surface area contributed by atoms with Crippen LogP contribution in [0.4, 0.5) is 0 Å². The molecule has 0 aliphatic heterocycles. The van der Waals surface area contributed by atoms with Crippen molar-refractivity contribution in [2.75, 3.05) is 0 Å². The van der Waals surface area contributed by atoms with E-state index in [0.29, 0.717) is 0 Å². The first-order valence-corrected chi connectivity index (χ1v) is 12.0. The van der Waals surface area contributed by atoms with Gasteiger partial charge in [-0.3, -0.25) is 23.5 Å². The van der Waals surface area contributed by atoms with E-state index in [4.69, 9.17) is 9.97 Å². The second kappa shape index (κ2) is 8.17. The zero-order valence-electron chi connectivity index (χ0n) is 20.0. The molecule has 5 aromatic heterocycles. The Morgan fingerprint density at radius 1 is 0.649 bits per heavy atom. The molecule has 0 saturated carbocycles. The minimum atomic E-state index is 0.776. The SMILES string of the molecule is C=Cc1c(C=C)n2c3c4ccccc4n(-c4ccccc4)c3nc2n1-c1ccc(-c2ccccn2)nc1. The van der Waals surface area contributed by atoms with Crippen molar-refractivity contribution in [2.24, 2.45) is 0 Å². The summed E-state index contributed by atoms with van der Waals surface area (Å²) in [7, 11) is 0. The number of hydrogen-bond donors (Lipinski definition) is 0. The Kier molecular flexibility index (Phi) is 4.66. The van der Waals surface area contributed by atoms with Crippen molar-refractivity contribution in [3.8, 4) is 22.8 Å². The Morgan fingerprint density at radius 3 is 2.14 bits per heavy atom. The fourth-order valence-corrected chi connectivity index (χ4v) is 5.16. The van der Waals surface area contributed by atoms with Crippen LogP contribution in [-0.2, 0) is 0 Å². The average Bonchev–Trinajstić information content (AvgIpc) is 3.59. The van der Waals surface area contributed by atoms with E-state index in [1.165, 1.54) is 0 Å². The third-order valence-electron chi connectivity index (χ3n) is 6.73. The van der Waals surface area contributed by atoms with Gasteiger partial charge in [0.1, 0.15) is 5.52 Å². The van der Waals surface area contributed by atoms with E-state index in [9.17, 15) is 0 Å². The summed E-state index contributed by atoms with van der Waals surface area (Å²) in [6.07, 6.45) is 7.34. The van der Waals surface area contributed by atoms with E-state index < -0.39 is 0 Å². The summed E-state index contributed by atoms with van der Waals surface area (Å²) < 4.78 is 6.47. The molecule has 0 amide bonds. The molecule has 176 valence electrons. The van der Waals surface area contributed by atoms with E-state index in [1.807, 2.05) is 66.9 Å². The third-order valence-corrected chi connectivity index (χ3v) is 6.73. The summed E-state index contributed by atoms with van der Waals surface area (Å²) in [5, 5.41) is 1.12. The first-order chi connectivity index (χ1) is 18.3. The maximum Gasteiger partial charge on any atom is 0.222 e. The molecule has 0 saturated heterocycles. The summed E-state index contributed by atoms with van der Waals surface area (Å²) >= 11 is 0. The van der Waals surface area contributed by atoms with Crippen LogP contribution < -0.4 is 0 Å². The van der Waals surface area contributed by atoms with Crippen LogP contribution in [0, 0.1) is 0 Å². The lowest BCUT2D eigenvalue weighted by Gasteiger charge is -2.08. The molecule has 7 aromatic rings. The molecule has 0 fully saturated rings. The van der Waals surface area contributed by atoms with Gasteiger partial charge in [0, 0.05) is 17.3 Å². The molecule has 37 heavy (non-hydrogen) atoms. The number of para-hydroxylation sites is 2. The number of aromatic nitrogens is 6. The van der Waals surface area contributed by atoms with E-state index in [0.717, 1.165) is 62.0 Å². The number of benzene rings is 2. The number of hydrogen-bond acceptors (Lipinski definition) is 3. The highest BCUT2D eigenvalue weighted by molar-refractivity contribution is 6.08. The lowest BCUT2D eigenvalue weighted by Crippen LogP contribution is -2.00. The average molecular weight is 479 g/mol. The van der Waals surface area contributed by atoms with Crippen LogP contribution in [0.1, 0.15) is 11.4 Å². The zero-order valence-corrected chi connectivity index (χ0v) is 20.0. The lowest BCUT2D eigenvalue weighted by atomic mass is 10.2. The van der Waals surface area contributed by atoms with Crippen LogP contribution in [0.2, 0.25) is 0 Å². The normalized spacial score (nSPS) is 11.5. The van der Waals surface area contributed by atoms with Gasteiger partial charge in [0.25, 0.3) is 0 Å². The van der Waals surface area contributed by atoms with Gasteiger partial charge in [-0.25, -0.2) is 0 Å². The molecule has 0 aliphatic carbocycles. The van der Waals surface area contributed by atoms with Crippen LogP contribution in [0.25, 0.3) is 62.8 Å². The van der Waals surface area contributed by atoms with Crippen molar-refractivity contribution in [1.82, 2.24) is 28.5 Å². The third kappa shape index (κ3) is 3.02. The number of nitrogens with zero attached hydrogens (tertiary/aromatic N) is 6. The highest BCUT2D eigenvalue weighted by Crippen LogP contribution is 2.36. The summed E-state index contributed by atoms with van der Waals surface area (Å²) in [6.45, 7) is 8.26. The second-order valence-electron chi connectivity index (χ2n) is 8.74. The Morgan fingerprint density at radius 2 is 1.41 bits per heavy atom. The second-order valence-corrected chi connectivity index (χ2v) is 8.74. The first kappa shape index (κ1) is 21.1. The summed E-state index contributed by atoms with van der Waals surface area (Å²) in [5.41, 5.74) is 8.44. The van der Waals surface area contributed by atoms with Crippen molar-refractivity contribution in [1.29, 1.82) is 0 Å². The van der Waals surface area contributed by atoms with Gasteiger partial charge < -0.3 is 0 Å². The molecule has 0 bridgehead atoms. The van der Waals surface area contributed by atoms with Crippen molar-refractivity contribution < 1.29 is 0 Å². The smallest absolute Gasteiger partial charge is 0.222 e. The van der Waals surface area contributed by atoms with Gasteiger partial charge in [-0.15, -0.1) is 0 Å². The van der Waals surface area contributed by atoms with Crippen molar-refractivity contribution >= 4 is 40.0 Å². The Labute approximate surface area is 213 Å². The summed E-state index contributed by atoms with van der Waals surface area (Å²) in [5.74, 6) is 0.776. The van der Waals surface area contributed by atoms with Gasteiger partial charge in [0.15, 0.2) is 5.65 Å². The highest BCUT2D eigenvalue weighted by Gasteiger charge is 2.24. The maximum atomic E-state index is 5.22. The molecule has 0 aliphatic rings. The Bertz CT molecular complexity index is 1940. The molecule has 5 heterocycles. The fourth-order valence-electron chi connectivity index (χ4n) is 5.16. The van der Waals surface area contributed by atoms with E-state index >= 15 is 0 Å². The number of fused-ring (bicyclic) bond motifs is 5. The molecule has 6 heteroatoms. The van der Waals surface area contributed by atoms with Crippen LogP contribution in [0.15, 0.2) is 110 Å². The van der Waals surface area contributed by atoms with Gasteiger partial charge in [-0.2, -0.15) is 4.98 Å². The molecular weight excluding hydrogens is 456 g/mol. The van der Waals surface area contributed by atoms with Gasteiger partial charge in [-0.1, -0.05) is 55.6 Å². The fraction of sp³-hybridized carbons (Fsp3) is 0. The van der Waals surface area contributed by atoms with Crippen LogP contribution >= 0.6 is 0 Å². The molecule has 0 N–H and O–H groups in total. The molecule has 2 aromatic carbocycles. The maximum absolute atomic E-state index is 5.22. The van der Waals surface area contributed by atoms with Gasteiger partial charge in [-0.05, 0) is 54.6 Å².